The van der Waals surface area contributed by atoms with Crippen LogP contribution in [0.25, 0.3) is 4.96 Å². The van der Waals surface area contributed by atoms with Crippen molar-refractivity contribution in [3.63, 3.8) is 0 Å². The van der Waals surface area contributed by atoms with Gasteiger partial charge in [-0.1, -0.05) is 0 Å². The van der Waals surface area contributed by atoms with Crippen molar-refractivity contribution in [3.05, 3.63) is 33.7 Å². The van der Waals surface area contributed by atoms with Crippen LogP contribution in [0.4, 0.5) is 0 Å². The van der Waals surface area contributed by atoms with Gasteiger partial charge in [-0.05, 0) is 19.1 Å². The summed E-state index contributed by atoms with van der Waals surface area (Å²) in [5, 5.41) is 1.83. The molecule has 0 amide bonds. The summed E-state index contributed by atoms with van der Waals surface area (Å²) in [6.07, 6.45) is 2.26. The van der Waals surface area contributed by atoms with Crippen LogP contribution in [0.15, 0.2) is 22.4 Å². The van der Waals surface area contributed by atoms with Crippen LogP contribution in [0, 0.1) is 0 Å². The Bertz CT molecular complexity index is 668. The van der Waals surface area contributed by atoms with Gasteiger partial charge < -0.3 is 10.5 Å². The Kier molecular flexibility index (Phi) is 5.77. The molecule has 2 rings (SSSR count). The highest BCUT2D eigenvalue weighted by molar-refractivity contribution is 7.98. The Hall–Kier alpha value is -1.38. The predicted octanol–water partition coefficient (Wildman–Crippen LogP) is 1.27. The molecule has 0 spiro atoms. The molecule has 0 aromatic carbocycles. The summed E-state index contributed by atoms with van der Waals surface area (Å²) >= 11 is 3.03. The van der Waals surface area contributed by atoms with E-state index in [4.69, 9.17) is 10.5 Å². The zero-order valence-corrected chi connectivity index (χ0v) is 13.3. The van der Waals surface area contributed by atoms with E-state index in [9.17, 15) is 9.59 Å². The lowest BCUT2D eigenvalue weighted by atomic mass is 10.2. The standard InChI is InChI=1S/C13H17N3O3S2/c1-2-19-12(18)10(14)3-5-20-8-9-7-11(17)16-4-6-21-13(16)15-9/h4,6-7,10H,2-3,5,8,14H2,1H3. The first-order valence-electron chi connectivity index (χ1n) is 6.57. The zero-order valence-electron chi connectivity index (χ0n) is 11.7. The van der Waals surface area contributed by atoms with E-state index in [-0.39, 0.29) is 11.5 Å². The summed E-state index contributed by atoms with van der Waals surface area (Å²) in [4.78, 5) is 28.3. The first-order chi connectivity index (χ1) is 10.1. The molecular weight excluding hydrogens is 310 g/mol. The van der Waals surface area contributed by atoms with Gasteiger partial charge in [0.05, 0.1) is 12.3 Å². The van der Waals surface area contributed by atoms with Crippen molar-refractivity contribution in [3.8, 4) is 0 Å². The second-order valence-electron chi connectivity index (χ2n) is 4.34. The first kappa shape index (κ1) is 16.0. The number of hydrogen-bond donors (Lipinski definition) is 1. The number of carbonyl (C=O) groups is 1. The number of nitrogens with zero attached hydrogens (tertiary/aromatic N) is 2. The van der Waals surface area contributed by atoms with Gasteiger partial charge in [0.1, 0.15) is 6.04 Å². The molecule has 21 heavy (non-hydrogen) atoms. The fraction of sp³-hybridized carbons (Fsp3) is 0.462. The Morgan fingerprint density at radius 1 is 1.62 bits per heavy atom. The van der Waals surface area contributed by atoms with Crippen LogP contribution in [-0.2, 0) is 15.3 Å². The average Bonchev–Trinajstić information content (AvgIpc) is 2.92. The first-order valence-corrected chi connectivity index (χ1v) is 8.61. The van der Waals surface area contributed by atoms with Gasteiger partial charge in [0.2, 0.25) is 0 Å². The molecule has 0 aliphatic heterocycles. The maximum atomic E-state index is 11.8. The number of ether oxygens (including phenoxy) is 1. The van der Waals surface area contributed by atoms with E-state index in [1.807, 2.05) is 5.38 Å². The fourth-order valence-corrected chi connectivity index (χ4v) is 3.38. The molecule has 0 saturated heterocycles. The van der Waals surface area contributed by atoms with Gasteiger partial charge in [0, 0.05) is 23.4 Å². The fourth-order valence-electron chi connectivity index (χ4n) is 1.72. The van der Waals surface area contributed by atoms with Crippen LogP contribution in [0.5, 0.6) is 0 Å². The van der Waals surface area contributed by atoms with Gasteiger partial charge in [-0.2, -0.15) is 11.8 Å². The van der Waals surface area contributed by atoms with Gasteiger partial charge in [0.25, 0.3) is 5.56 Å². The molecule has 0 saturated carbocycles. The normalized spacial score (nSPS) is 12.5. The number of aromatic nitrogens is 2. The van der Waals surface area contributed by atoms with Gasteiger partial charge in [-0.15, -0.1) is 11.3 Å². The van der Waals surface area contributed by atoms with Crippen LogP contribution >= 0.6 is 23.1 Å². The number of esters is 1. The molecule has 0 bridgehead atoms. The lowest BCUT2D eigenvalue weighted by Gasteiger charge is -2.09. The third-order valence-corrected chi connectivity index (χ3v) is 4.55. The zero-order chi connectivity index (χ0) is 15.2. The minimum atomic E-state index is -0.587. The van der Waals surface area contributed by atoms with Gasteiger partial charge in [-0.25, -0.2) is 4.98 Å². The third kappa shape index (κ3) is 4.29. The number of hydrogen-bond acceptors (Lipinski definition) is 7. The number of fused-ring (bicyclic) bond motifs is 1. The maximum Gasteiger partial charge on any atom is 0.322 e. The smallest absolute Gasteiger partial charge is 0.322 e. The minimum Gasteiger partial charge on any atom is -0.465 e. The molecule has 0 fully saturated rings. The van der Waals surface area contributed by atoms with Crippen molar-refractivity contribution < 1.29 is 9.53 Å². The van der Waals surface area contributed by atoms with Gasteiger partial charge in [-0.3, -0.25) is 14.0 Å². The molecule has 1 atom stereocenters. The van der Waals surface area contributed by atoms with E-state index in [1.54, 1.807) is 24.9 Å². The van der Waals surface area contributed by atoms with Gasteiger partial charge >= 0.3 is 5.97 Å². The van der Waals surface area contributed by atoms with E-state index >= 15 is 0 Å². The number of carbonyl (C=O) groups excluding carboxylic acids is 1. The molecule has 0 aliphatic rings. The Balaban J connectivity index is 1.82. The maximum absolute atomic E-state index is 11.8. The Morgan fingerprint density at radius 2 is 2.43 bits per heavy atom. The van der Waals surface area contributed by atoms with E-state index in [1.165, 1.54) is 21.8 Å². The van der Waals surface area contributed by atoms with Crippen molar-refractivity contribution in [2.24, 2.45) is 5.73 Å². The van der Waals surface area contributed by atoms with Crippen LogP contribution in [0.1, 0.15) is 19.0 Å². The number of thioether (sulfide) groups is 1. The summed E-state index contributed by atoms with van der Waals surface area (Å²) in [5.41, 5.74) is 6.39. The molecule has 2 aromatic heterocycles. The van der Waals surface area contributed by atoms with E-state index in [0.29, 0.717) is 29.5 Å². The van der Waals surface area contributed by atoms with E-state index < -0.39 is 6.04 Å². The van der Waals surface area contributed by atoms with Crippen molar-refractivity contribution in [1.29, 1.82) is 0 Å². The molecule has 2 aromatic rings. The molecule has 2 heterocycles. The second kappa shape index (κ2) is 7.58. The SMILES string of the molecule is CCOC(=O)C(N)CCSCc1cc(=O)n2ccsc2n1. The van der Waals surface area contributed by atoms with Crippen LogP contribution < -0.4 is 11.3 Å². The highest BCUT2D eigenvalue weighted by atomic mass is 32.2. The summed E-state index contributed by atoms with van der Waals surface area (Å²) in [5.74, 6) is 0.972. The molecule has 0 radical (unpaired) electrons. The Morgan fingerprint density at radius 3 is 3.19 bits per heavy atom. The quantitative estimate of drug-likeness (QED) is 0.609. The number of thiazole rings is 1. The lowest BCUT2D eigenvalue weighted by Crippen LogP contribution is -2.32. The highest BCUT2D eigenvalue weighted by Gasteiger charge is 2.13. The second-order valence-corrected chi connectivity index (χ2v) is 6.32. The predicted molar refractivity (Wildman–Crippen MR) is 84.7 cm³/mol. The average molecular weight is 327 g/mol. The van der Waals surface area contributed by atoms with Crippen LogP contribution in [0.2, 0.25) is 0 Å². The molecule has 0 aliphatic carbocycles. The highest BCUT2D eigenvalue weighted by Crippen LogP contribution is 2.13. The summed E-state index contributed by atoms with van der Waals surface area (Å²) in [7, 11) is 0. The number of nitrogens with two attached hydrogens (primary N) is 1. The van der Waals surface area contributed by atoms with Crippen molar-refractivity contribution in [2.75, 3.05) is 12.4 Å². The van der Waals surface area contributed by atoms with Crippen molar-refractivity contribution in [1.82, 2.24) is 9.38 Å². The molecule has 2 N–H and O–H groups in total. The Labute approximate surface area is 130 Å². The monoisotopic (exact) mass is 327 g/mol. The molecule has 6 nitrogen and oxygen atoms in total. The third-order valence-electron chi connectivity index (χ3n) is 2.77. The molecule has 1 unspecified atom stereocenters. The minimum absolute atomic E-state index is 0.0694. The topological polar surface area (TPSA) is 86.7 Å². The number of rotatable bonds is 7. The largest absolute Gasteiger partial charge is 0.465 e. The molecular formula is C13H17N3O3S2. The van der Waals surface area contributed by atoms with E-state index in [0.717, 1.165) is 5.69 Å². The summed E-state index contributed by atoms with van der Waals surface area (Å²) in [6.45, 7) is 2.10. The van der Waals surface area contributed by atoms with Crippen molar-refractivity contribution in [2.45, 2.75) is 25.1 Å². The van der Waals surface area contributed by atoms with E-state index in [2.05, 4.69) is 4.98 Å². The molecule has 8 heteroatoms. The lowest BCUT2D eigenvalue weighted by molar-refractivity contribution is -0.144. The molecule has 114 valence electrons. The summed E-state index contributed by atoms with van der Waals surface area (Å²) < 4.78 is 6.37. The van der Waals surface area contributed by atoms with Crippen LogP contribution in [0.3, 0.4) is 0 Å². The van der Waals surface area contributed by atoms with Gasteiger partial charge in [0.15, 0.2) is 4.96 Å². The van der Waals surface area contributed by atoms with Crippen LogP contribution in [-0.4, -0.2) is 33.8 Å². The van der Waals surface area contributed by atoms with Crippen molar-refractivity contribution >= 4 is 34.0 Å². The summed E-state index contributed by atoms with van der Waals surface area (Å²) in [6, 6.07) is 0.952.